The Balaban J connectivity index is 1.16. The maximum atomic E-state index is 9.92. The predicted molar refractivity (Wildman–Crippen MR) is 195 cm³/mol. The molecule has 2 aliphatic rings. The highest BCUT2D eigenvalue weighted by Crippen LogP contribution is 2.39. The molecule has 0 saturated carbocycles. The van der Waals surface area contributed by atoms with Crippen molar-refractivity contribution in [3.05, 3.63) is 105 Å². The number of rotatable bonds is 16. The maximum absolute atomic E-state index is 9.92. The van der Waals surface area contributed by atoms with Gasteiger partial charge in [0.1, 0.15) is 36.5 Å². The molecule has 2 saturated heterocycles. The summed E-state index contributed by atoms with van der Waals surface area (Å²) in [6.45, 7) is 6.65. The minimum Gasteiger partial charge on any atom is -0.492 e. The molecule has 6 rings (SSSR count). The van der Waals surface area contributed by atoms with Gasteiger partial charge in [-0.2, -0.15) is 5.26 Å². The van der Waals surface area contributed by atoms with E-state index in [1.54, 1.807) is 24.4 Å². The number of hydrogen-bond donors (Lipinski definition) is 3. The third-order valence-electron chi connectivity index (χ3n) is 9.35. The first-order valence-corrected chi connectivity index (χ1v) is 17.8. The van der Waals surface area contributed by atoms with Crippen LogP contribution in [-0.2, 0) is 24.5 Å². The molecule has 2 fully saturated rings. The summed E-state index contributed by atoms with van der Waals surface area (Å²) >= 11 is 13.7. The zero-order valence-electron chi connectivity index (χ0n) is 28.5. The molecule has 3 heterocycles. The van der Waals surface area contributed by atoms with Crippen LogP contribution in [0.3, 0.4) is 0 Å². The van der Waals surface area contributed by atoms with Gasteiger partial charge in [0.05, 0.1) is 53.7 Å². The number of nitrogens with zero attached hydrogens (tertiary/aromatic N) is 3. The van der Waals surface area contributed by atoms with E-state index in [4.69, 9.17) is 42.1 Å². The van der Waals surface area contributed by atoms with Gasteiger partial charge < -0.3 is 39.4 Å². The average molecular weight is 734 g/mol. The van der Waals surface area contributed by atoms with Crippen molar-refractivity contribution in [2.45, 2.75) is 51.2 Å². The zero-order chi connectivity index (χ0) is 35.8. The van der Waals surface area contributed by atoms with Gasteiger partial charge in [-0.1, -0.05) is 53.5 Å². The number of halogens is 2. The number of pyridine rings is 1. The van der Waals surface area contributed by atoms with Crippen LogP contribution in [0.1, 0.15) is 40.7 Å². The Labute approximate surface area is 308 Å². The van der Waals surface area contributed by atoms with Crippen molar-refractivity contribution < 1.29 is 29.2 Å². The number of aliphatic hydroxyl groups is 2. The highest BCUT2D eigenvalue weighted by atomic mass is 35.5. The molecule has 1 atom stereocenters. The number of aromatic nitrogens is 1. The Kier molecular flexibility index (Phi) is 12.3. The highest BCUT2D eigenvalue weighted by Gasteiger charge is 2.37. The normalized spacial score (nSPS) is 16.7. The fraction of sp³-hybridized carbons (Fsp3) is 0.385. The minimum absolute atomic E-state index is 0.0585. The first kappa shape index (κ1) is 36.9. The molecular formula is C39H42Cl2N4O6. The first-order chi connectivity index (χ1) is 24.8. The van der Waals surface area contributed by atoms with Crippen LogP contribution < -0.4 is 19.5 Å². The van der Waals surface area contributed by atoms with Crippen LogP contribution >= 0.6 is 23.2 Å². The summed E-state index contributed by atoms with van der Waals surface area (Å²) in [5, 5.41) is 33.3. The van der Waals surface area contributed by atoms with Crippen LogP contribution in [0.2, 0.25) is 10.0 Å². The average Bonchev–Trinajstić information content (AvgIpc) is 3.54. The molecule has 0 amide bonds. The molecule has 1 aromatic heterocycles. The summed E-state index contributed by atoms with van der Waals surface area (Å²) in [6.07, 6.45) is 4.60. The van der Waals surface area contributed by atoms with E-state index in [9.17, 15) is 15.5 Å². The number of nitrogens with one attached hydrogen (secondary N) is 1. The Hall–Kier alpha value is -3.92. The lowest BCUT2D eigenvalue weighted by Crippen LogP contribution is -2.62. The van der Waals surface area contributed by atoms with Crippen LogP contribution in [0.4, 0.5) is 0 Å². The second-order valence-electron chi connectivity index (χ2n) is 13.1. The van der Waals surface area contributed by atoms with Gasteiger partial charge in [0.25, 0.3) is 0 Å². The second-order valence-corrected chi connectivity index (χ2v) is 13.9. The number of nitriles is 1. The monoisotopic (exact) mass is 732 g/mol. The van der Waals surface area contributed by atoms with Crippen molar-refractivity contribution in [1.29, 1.82) is 5.26 Å². The fourth-order valence-electron chi connectivity index (χ4n) is 6.23. The largest absolute Gasteiger partial charge is 0.492 e. The Bertz CT molecular complexity index is 1860. The summed E-state index contributed by atoms with van der Waals surface area (Å²) in [4.78, 5) is 6.39. The topological polar surface area (TPSA) is 129 Å². The molecule has 3 aromatic carbocycles. The number of benzene rings is 3. The molecule has 268 valence electrons. The van der Waals surface area contributed by atoms with Crippen LogP contribution in [0.25, 0.3) is 11.1 Å². The van der Waals surface area contributed by atoms with E-state index >= 15 is 0 Å². The summed E-state index contributed by atoms with van der Waals surface area (Å²) in [5.74, 6) is 1.63. The second kappa shape index (κ2) is 17.1. The van der Waals surface area contributed by atoms with Crippen LogP contribution in [-0.4, -0.2) is 77.8 Å². The van der Waals surface area contributed by atoms with Crippen LogP contribution in [0.5, 0.6) is 17.2 Å². The van der Waals surface area contributed by atoms with Crippen molar-refractivity contribution in [1.82, 2.24) is 15.2 Å². The van der Waals surface area contributed by atoms with Gasteiger partial charge in [-0.05, 0) is 54.7 Å². The number of aliphatic hydroxyl groups excluding tert-OH is 2. The lowest BCUT2D eigenvalue weighted by Gasteiger charge is -2.40. The molecular weight excluding hydrogens is 691 g/mol. The number of likely N-dealkylation sites (tertiary alicyclic amines) is 1. The molecule has 12 heteroatoms. The number of hydrogen-bond acceptors (Lipinski definition) is 10. The van der Waals surface area contributed by atoms with E-state index in [2.05, 4.69) is 21.3 Å². The standard InChI is InChI=1S/C39H42Cl2N4O6/c1-26-29(5-2-6-32(26)33-7-3-8-35(38(33)41)49-12-4-10-45-11-9-31(47)20-45)22-51-37-15-36(50-21-28-13-27(16-42)17-43-18-28)30(14-34(37)40)19-44-39(23-46)24-48-25-39/h2-3,5-8,13-15,17-18,31,44,46-47H,4,9-12,19-25H2,1H3. The van der Waals surface area contributed by atoms with Gasteiger partial charge in [-0.25, -0.2) is 0 Å². The third-order valence-corrected chi connectivity index (χ3v) is 10.0. The van der Waals surface area contributed by atoms with E-state index in [-0.39, 0.29) is 25.9 Å². The molecule has 0 bridgehead atoms. The quantitative estimate of drug-likeness (QED) is 0.117. The molecule has 2 aliphatic heterocycles. The van der Waals surface area contributed by atoms with Crippen molar-refractivity contribution >= 4 is 23.2 Å². The molecule has 0 aliphatic carbocycles. The van der Waals surface area contributed by atoms with Gasteiger partial charge >= 0.3 is 0 Å². The van der Waals surface area contributed by atoms with E-state index in [0.29, 0.717) is 59.2 Å². The molecule has 4 aromatic rings. The highest BCUT2D eigenvalue weighted by molar-refractivity contribution is 6.35. The lowest BCUT2D eigenvalue weighted by molar-refractivity contribution is -0.0982. The summed E-state index contributed by atoms with van der Waals surface area (Å²) in [7, 11) is 0. The van der Waals surface area contributed by atoms with Crippen molar-refractivity contribution in [2.75, 3.05) is 46.1 Å². The van der Waals surface area contributed by atoms with E-state index < -0.39 is 5.54 Å². The van der Waals surface area contributed by atoms with Gasteiger partial charge in [-0.3, -0.25) is 4.98 Å². The first-order valence-electron chi connectivity index (χ1n) is 17.0. The van der Waals surface area contributed by atoms with Crippen LogP contribution in [0, 0.1) is 18.3 Å². The van der Waals surface area contributed by atoms with Crippen molar-refractivity contribution in [3.63, 3.8) is 0 Å². The van der Waals surface area contributed by atoms with Gasteiger partial charge in [0.15, 0.2) is 0 Å². The van der Waals surface area contributed by atoms with Crippen molar-refractivity contribution in [2.24, 2.45) is 0 Å². The molecule has 1 unspecified atom stereocenters. The molecule has 10 nitrogen and oxygen atoms in total. The molecule has 0 spiro atoms. The SMILES string of the molecule is Cc1c(COc2cc(OCc3cncc(C#N)c3)c(CNC3(CO)COC3)cc2Cl)cccc1-c1cccc(OCCCN2CCC(O)C2)c1Cl. The molecule has 0 radical (unpaired) electrons. The van der Waals surface area contributed by atoms with Crippen LogP contribution in [0.15, 0.2) is 67.0 Å². The van der Waals surface area contributed by atoms with Gasteiger partial charge in [0.2, 0.25) is 0 Å². The number of ether oxygens (including phenoxy) is 4. The number of β-amino-alcohol motifs (C(OH)–C–C–N with tert-alkyl or cyclic N) is 1. The van der Waals surface area contributed by atoms with E-state index in [0.717, 1.165) is 65.9 Å². The van der Waals surface area contributed by atoms with Crippen molar-refractivity contribution in [3.8, 4) is 34.4 Å². The van der Waals surface area contributed by atoms with E-state index in [1.807, 2.05) is 43.3 Å². The van der Waals surface area contributed by atoms with E-state index in [1.165, 1.54) is 6.20 Å². The third kappa shape index (κ3) is 9.12. The predicted octanol–water partition coefficient (Wildman–Crippen LogP) is 6.08. The Morgan fingerprint density at radius 1 is 1.00 bits per heavy atom. The maximum Gasteiger partial charge on any atom is 0.142 e. The summed E-state index contributed by atoms with van der Waals surface area (Å²) < 4.78 is 24.0. The fourth-order valence-corrected chi connectivity index (χ4v) is 6.75. The zero-order valence-corrected chi connectivity index (χ0v) is 30.1. The minimum atomic E-state index is -0.514. The molecule has 3 N–H and O–H groups in total. The van der Waals surface area contributed by atoms with Gasteiger partial charge in [0, 0.05) is 61.3 Å². The Morgan fingerprint density at radius 3 is 2.55 bits per heavy atom. The smallest absolute Gasteiger partial charge is 0.142 e. The lowest BCUT2D eigenvalue weighted by atomic mass is 9.96. The Morgan fingerprint density at radius 2 is 1.80 bits per heavy atom. The molecule has 51 heavy (non-hydrogen) atoms. The van der Waals surface area contributed by atoms with Gasteiger partial charge in [-0.15, -0.1) is 0 Å². The summed E-state index contributed by atoms with van der Waals surface area (Å²) in [5.41, 5.74) is 5.27. The summed E-state index contributed by atoms with van der Waals surface area (Å²) in [6, 6.07) is 19.2.